The molecule has 114 valence electrons. The lowest BCUT2D eigenvalue weighted by Crippen LogP contribution is -2.26. The minimum Gasteiger partial charge on any atom is -0.496 e. The maximum absolute atomic E-state index is 5.69. The van der Waals surface area contributed by atoms with Crippen molar-refractivity contribution in [3.8, 4) is 5.75 Å². The van der Waals surface area contributed by atoms with Gasteiger partial charge in [-0.3, -0.25) is 9.98 Å². The summed E-state index contributed by atoms with van der Waals surface area (Å²) in [7, 11) is 2.09. The monoisotopic (exact) mass is 359 g/mol. The molecule has 0 bridgehead atoms. The number of hydrogen-bond acceptors (Lipinski definition) is 4. The number of pyridine rings is 1. The Labute approximate surface area is 140 Å². The number of methoxy groups -OCH3 is 1. The number of nitrogens with zero attached hydrogens (tertiary/aromatic N) is 2. The van der Waals surface area contributed by atoms with Gasteiger partial charge in [0, 0.05) is 11.8 Å². The van der Waals surface area contributed by atoms with E-state index >= 15 is 0 Å². The van der Waals surface area contributed by atoms with Gasteiger partial charge >= 0.3 is 0 Å². The largest absolute Gasteiger partial charge is 0.496 e. The molecule has 4 nitrogen and oxygen atoms in total. The number of nitrogens with two attached hydrogens (primary N) is 1. The predicted molar refractivity (Wildman–Crippen MR) is 97.0 cm³/mol. The molecule has 0 aliphatic carbocycles. The van der Waals surface area contributed by atoms with Gasteiger partial charge in [-0.2, -0.15) is 0 Å². The molecule has 0 unspecified atom stereocenters. The van der Waals surface area contributed by atoms with Crippen molar-refractivity contribution >= 4 is 40.8 Å². The molecule has 1 heterocycles. The number of aliphatic imine (C=N–C) groups is 1. The van der Waals surface area contributed by atoms with Crippen molar-refractivity contribution in [1.82, 2.24) is 4.98 Å². The van der Waals surface area contributed by atoms with Gasteiger partial charge in [0.15, 0.2) is 0 Å². The fourth-order valence-electron chi connectivity index (χ4n) is 2.19. The topological polar surface area (TPSA) is 60.5 Å². The Kier molecular flexibility index (Phi) is 6.61. The highest BCUT2D eigenvalue weighted by Gasteiger charge is 2.03. The van der Waals surface area contributed by atoms with Crippen molar-refractivity contribution in [2.24, 2.45) is 10.6 Å². The van der Waals surface area contributed by atoms with Crippen LogP contribution in [0.3, 0.4) is 0 Å². The van der Waals surface area contributed by atoms with Crippen LogP contribution in [0.2, 0.25) is 0 Å². The van der Waals surface area contributed by atoms with E-state index in [1.807, 2.05) is 36.5 Å². The fraction of sp³-hybridized carbons (Fsp3) is 0.250. The minimum absolute atomic E-state index is 0.382. The van der Waals surface area contributed by atoms with Crippen LogP contribution < -0.4 is 16.0 Å². The summed E-state index contributed by atoms with van der Waals surface area (Å²) in [6, 6.07) is 11.9. The highest BCUT2D eigenvalue weighted by atomic mass is 79.9. The molecule has 2 N–H and O–H groups in total. The Hall–Kier alpha value is -1.66. The van der Waals surface area contributed by atoms with Crippen LogP contribution in [0.4, 0.5) is 5.69 Å². The van der Waals surface area contributed by atoms with Crippen molar-refractivity contribution in [3.63, 3.8) is 0 Å². The molecule has 2 rings (SSSR count). The van der Waals surface area contributed by atoms with Crippen LogP contribution in [0.25, 0.3) is 0 Å². The van der Waals surface area contributed by atoms with Gasteiger partial charge in [-0.15, -0.1) is 0 Å². The summed E-state index contributed by atoms with van der Waals surface area (Å²) < 4.78 is 6.13. The van der Waals surface area contributed by atoms with Gasteiger partial charge in [-0.25, -0.2) is 0 Å². The van der Waals surface area contributed by atoms with Crippen LogP contribution in [-0.2, 0) is 6.42 Å². The smallest absolute Gasteiger partial charge is 0.259 e. The van der Waals surface area contributed by atoms with Crippen LogP contribution in [-0.4, -0.2) is 25.7 Å². The molecule has 2 aromatic rings. The third kappa shape index (κ3) is 4.68. The zero-order valence-corrected chi connectivity index (χ0v) is 14.2. The highest BCUT2D eigenvalue weighted by Crippen LogP contribution is 2.19. The maximum atomic E-state index is 5.69. The van der Waals surface area contributed by atoms with E-state index in [1.54, 1.807) is 7.11 Å². The molecule has 0 radical (unpaired) electrons. The minimum atomic E-state index is 0.382. The lowest BCUT2D eigenvalue weighted by molar-refractivity contribution is 0.409. The molecule has 0 spiro atoms. The molecule has 0 aliphatic heterocycles. The van der Waals surface area contributed by atoms with Crippen molar-refractivity contribution in [2.75, 3.05) is 7.11 Å². The number of ether oxygens (including phenoxy) is 1. The summed E-state index contributed by atoms with van der Waals surface area (Å²) in [6.45, 7) is 0. The predicted octanol–water partition coefficient (Wildman–Crippen LogP) is 2.51. The summed E-state index contributed by atoms with van der Waals surface area (Å²) in [5.74, 6) is 0.946. The molecule has 0 saturated heterocycles. The van der Waals surface area contributed by atoms with Gasteiger partial charge in [-0.1, -0.05) is 18.2 Å². The summed E-state index contributed by atoms with van der Waals surface area (Å²) in [5, 5.41) is 0. The van der Waals surface area contributed by atoms with Crippen LogP contribution >= 0.6 is 15.9 Å². The number of rotatable bonds is 7. The third-order valence-electron chi connectivity index (χ3n) is 3.31. The first-order valence-corrected chi connectivity index (χ1v) is 8.04. The molecular weight excluding hydrogens is 341 g/mol. The summed E-state index contributed by atoms with van der Waals surface area (Å²) in [6.07, 6.45) is 4.82. The Bertz CT molecular complexity index is 649. The zero-order chi connectivity index (χ0) is 15.8. The first-order chi connectivity index (χ1) is 10.7. The summed E-state index contributed by atoms with van der Waals surface area (Å²) in [4.78, 5) is 8.79. The van der Waals surface area contributed by atoms with E-state index in [4.69, 9.17) is 10.4 Å². The van der Waals surface area contributed by atoms with Crippen molar-refractivity contribution < 1.29 is 4.74 Å². The number of benzene rings is 1. The van der Waals surface area contributed by atoms with E-state index in [0.29, 0.717) is 7.41 Å². The van der Waals surface area contributed by atoms with Crippen molar-refractivity contribution in [3.05, 3.63) is 46.6 Å². The molecule has 0 saturated carbocycles. The van der Waals surface area contributed by atoms with Crippen LogP contribution in [0.5, 0.6) is 5.75 Å². The van der Waals surface area contributed by atoms with Gasteiger partial charge in [0.25, 0.3) is 7.41 Å². The van der Waals surface area contributed by atoms with Gasteiger partial charge in [0.2, 0.25) is 0 Å². The first kappa shape index (κ1) is 16.7. The van der Waals surface area contributed by atoms with Crippen molar-refractivity contribution in [1.29, 1.82) is 0 Å². The Morgan fingerprint density at radius 2 is 2.14 bits per heavy atom. The quantitative estimate of drug-likeness (QED) is 0.357. The number of aromatic nitrogens is 1. The van der Waals surface area contributed by atoms with E-state index < -0.39 is 0 Å². The summed E-state index contributed by atoms with van der Waals surface area (Å²) in [5.41, 5.74) is 8.55. The SMILES string of the molecule is COc1ccccc1CCCC=Nc1ccc(Br)nc1BN. The number of unbranched alkanes of at least 4 members (excludes halogenated alkanes) is 1. The number of aryl methyl sites for hydroxylation is 1. The molecular formula is C16H19BBrN3O. The Morgan fingerprint density at radius 1 is 1.32 bits per heavy atom. The van der Waals surface area contributed by atoms with Crippen molar-refractivity contribution in [2.45, 2.75) is 19.3 Å². The van der Waals surface area contributed by atoms with E-state index in [-0.39, 0.29) is 0 Å². The maximum Gasteiger partial charge on any atom is 0.259 e. The molecule has 1 aromatic heterocycles. The number of para-hydroxylation sites is 1. The highest BCUT2D eigenvalue weighted by molar-refractivity contribution is 9.10. The second-order valence-corrected chi connectivity index (χ2v) is 5.63. The average Bonchev–Trinajstić information content (AvgIpc) is 2.56. The van der Waals surface area contributed by atoms with E-state index in [0.717, 1.165) is 40.9 Å². The summed E-state index contributed by atoms with van der Waals surface area (Å²) >= 11 is 3.34. The molecule has 0 amide bonds. The Morgan fingerprint density at radius 3 is 2.91 bits per heavy atom. The lowest BCUT2D eigenvalue weighted by atomic mass is 9.89. The zero-order valence-electron chi connectivity index (χ0n) is 12.6. The van der Waals surface area contributed by atoms with E-state index in [9.17, 15) is 0 Å². The lowest BCUT2D eigenvalue weighted by Gasteiger charge is -2.06. The number of hydrogen-bond donors (Lipinski definition) is 1. The van der Waals surface area contributed by atoms with Crippen LogP contribution in [0.15, 0.2) is 46.0 Å². The van der Waals surface area contributed by atoms with Crippen LogP contribution in [0.1, 0.15) is 18.4 Å². The molecule has 0 atom stereocenters. The molecule has 22 heavy (non-hydrogen) atoms. The second-order valence-electron chi connectivity index (χ2n) is 4.82. The normalized spacial score (nSPS) is 10.9. The van der Waals surface area contributed by atoms with E-state index in [2.05, 4.69) is 32.0 Å². The molecule has 0 aliphatic rings. The average molecular weight is 360 g/mol. The Balaban J connectivity index is 1.88. The molecule has 6 heteroatoms. The number of halogens is 1. The van der Waals surface area contributed by atoms with Gasteiger partial charge in [-0.05, 0) is 59.0 Å². The van der Waals surface area contributed by atoms with Crippen LogP contribution in [0, 0.1) is 0 Å². The fourth-order valence-corrected chi connectivity index (χ4v) is 2.54. The second kappa shape index (κ2) is 8.71. The van der Waals surface area contributed by atoms with E-state index in [1.165, 1.54) is 5.56 Å². The molecule has 1 aromatic carbocycles. The van der Waals surface area contributed by atoms with Gasteiger partial charge < -0.3 is 10.4 Å². The molecule has 0 fully saturated rings. The van der Waals surface area contributed by atoms with Gasteiger partial charge in [0.1, 0.15) is 10.4 Å². The first-order valence-electron chi connectivity index (χ1n) is 7.24. The van der Waals surface area contributed by atoms with Gasteiger partial charge in [0.05, 0.1) is 12.8 Å². The standard InChI is InChI=1S/C16H19BBrN3O/c1-22-14-8-3-2-6-12(14)7-4-5-11-20-13-9-10-15(18)21-16(13)17-19/h2-3,6,8-11,17H,4-5,7,19H2,1H3. The third-order valence-corrected chi connectivity index (χ3v) is 3.75.